The second kappa shape index (κ2) is 7.68. The summed E-state index contributed by atoms with van der Waals surface area (Å²) in [6.07, 6.45) is 3.42. The summed E-state index contributed by atoms with van der Waals surface area (Å²) < 4.78 is 5.17. The number of amides is 1. The lowest BCUT2D eigenvalue weighted by molar-refractivity contribution is -0.115. The van der Waals surface area contributed by atoms with E-state index in [4.69, 9.17) is 4.74 Å². The van der Waals surface area contributed by atoms with Gasteiger partial charge in [-0.2, -0.15) is 5.10 Å². The van der Waals surface area contributed by atoms with Gasteiger partial charge in [0.1, 0.15) is 5.75 Å². The van der Waals surface area contributed by atoms with Crippen LogP contribution < -0.4 is 10.1 Å². The Hall–Kier alpha value is -3.41. The van der Waals surface area contributed by atoms with Gasteiger partial charge in [-0.15, -0.1) is 0 Å². The largest absolute Gasteiger partial charge is 0.496 e. The van der Waals surface area contributed by atoms with E-state index in [1.54, 1.807) is 12.1 Å². The molecule has 1 saturated carbocycles. The van der Waals surface area contributed by atoms with Gasteiger partial charge >= 0.3 is 0 Å². The van der Waals surface area contributed by atoms with Crippen LogP contribution in [0.15, 0.2) is 48.5 Å². The quantitative estimate of drug-likeness (QED) is 0.612. The number of rotatable bonds is 7. The van der Waals surface area contributed by atoms with Crippen molar-refractivity contribution in [2.45, 2.75) is 25.2 Å². The highest BCUT2D eigenvalue weighted by Crippen LogP contribution is 2.39. The van der Waals surface area contributed by atoms with Gasteiger partial charge in [-0.25, -0.2) is 0 Å². The number of aromatic nitrogens is 2. The molecule has 3 aromatic rings. The second-order valence-electron chi connectivity index (χ2n) is 6.98. The number of benzene rings is 2. The molecular weight excluding hydrogens is 354 g/mol. The van der Waals surface area contributed by atoms with Crippen molar-refractivity contribution in [3.63, 3.8) is 0 Å². The van der Waals surface area contributed by atoms with Crippen LogP contribution in [0.25, 0.3) is 11.1 Å². The zero-order valence-corrected chi connectivity index (χ0v) is 15.6. The van der Waals surface area contributed by atoms with Crippen LogP contribution in [0.1, 0.15) is 40.4 Å². The standard InChI is InChI=1S/C22H21N3O3/c1-28-20-9-8-17(11-18(20)13-26)15-4-2-14(3-5-15)10-22(27)23-21-12-19(24-25-21)16-6-7-16/h2-5,8-9,11-13,16H,6-7,10H2,1H3,(H2,23,24,25,27). The highest BCUT2D eigenvalue weighted by Gasteiger charge is 2.25. The summed E-state index contributed by atoms with van der Waals surface area (Å²) >= 11 is 0. The van der Waals surface area contributed by atoms with Crippen molar-refractivity contribution >= 4 is 18.0 Å². The van der Waals surface area contributed by atoms with Gasteiger partial charge in [0, 0.05) is 17.7 Å². The zero-order chi connectivity index (χ0) is 19.5. The van der Waals surface area contributed by atoms with Gasteiger partial charge in [-0.1, -0.05) is 30.3 Å². The molecule has 1 amide bonds. The first-order valence-electron chi connectivity index (χ1n) is 9.24. The molecule has 1 heterocycles. The first-order valence-corrected chi connectivity index (χ1v) is 9.24. The fourth-order valence-electron chi connectivity index (χ4n) is 3.20. The third-order valence-corrected chi connectivity index (χ3v) is 4.89. The Kier molecular flexibility index (Phi) is 4.93. The minimum atomic E-state index is -0.103. The molecule has 0 spiro atoms. The van der Waals surface area contributed by atoms with Crippen molar-refractivity contribution < 1.29 is 14.3 Å². The average molecular weight is 375 g/mol. The van der Waals surface area contributed by atoms with E-state index in [1.165, 1.54) is 20.0 Å². The Morgan fingerprint density at radius 1 is 1.18 bits per heavy atom. The number of aldehydes is 1. The molecule has 6 nitrogen and oxygen atoms in total. The topological polar surface area (TPSA) is 84.1 Å². The van der Waals surface area contributed by atoms with Gasteiger partial charge < -0.3 is 10.1 Å². The Balaban J connectivity index is 1.41. The molecule has 0 atom stereocenters. The number of nitrogens with one attached hydrogen (secondary N) is 2. The van der Waals surface area contributed by atoms with E-state index in [0.29, 0.717) is 23.0 Å². The van der Waals surface area contributed by atoms with E-state index >= 15 is 0 Å². The maximum absolute atomic E-state index is 12.3. The van der Waals surface area contributed by atoms with Crippen molar-refractivity contribution in [1.29, 1.82) is 0 Å². The van der Waals surface area contributed by atoms with Gasteiger partial charge in [-0.05, 0) is 41.7 Å². The van der Waals surface area contributed by atoms with E-state index in [-0.39, 0.29) is 12.3 Å². The van der Waals surface area contributed by atoms with Crippen molar-refractivity contribution in [3.8, 4) is 16.9 Å². The molecule has 1 fully saturated rings. The minimum Gasteiger partial charge on any atom is -0.496 e. The number of carbonyl (C=O) groups is 2. The van der Waals surface area contributed by atoms with Crippen LogP contribution >= 0.6 is 0 Å². The fraction of sp³-hybridized carbons (Fsp3) is 0.227. The maximum Gasteiger partial charge on any atom is 0.229 e. The molecule has 0 radical (unpaired) electrons. The van der Waals surface area contributed by atoms with Crippen LogP contribution in [-0.2, 0) is 11.2 Å². The predicted molar refractivity (Wildman–Crippen MR) is 107 cm³/mol. The molecule has 0 aliphatic heterocycles. The number of carbonyl (C=O) groups excluding carboxylic acids is 2. The maximum atomic E-state index is 12.3. The number of anilines is 1. The summed E-state index contributed by atoms with van der Waals surface area (Å²) in [6.45, 7) is 0. The Labute approximate surface area is 162 Å². The first kappa shape index (κ1) is 18.0. The molecule has 1 aromatic heterocycles. The number of aromatic amines is 1. The number of ether oxygens (including phenoxy) is 1. The van der Waals surface area contributed by atoms with Crippen molar-refractivity contribution in [2.24, 2.45) is 0 Å². The molecule has 2 N–H and O–H groups in total. The molecule has 0 saturated heterocycles. The highest BCUT2D eigenvalue weighted by molar-refractivity contribution is 5.91. The van der Waals surface area contributed by atoms with E-state index in [1.807, 2.05) is 36.4 Å². The van der Waals surface area contributed by atoms with Crippen LogP contribution in [0.2, 0.25) is 0 Å². The van der Waals surface area contributed by atoms with Crippen LogP contribution in [0.5, 0.6) is 5.75 Å². The normalized spacial score (nSPS) is 13.2. The molecule has 0 unspecified atom stereocenters. The number of H-pyrrole nitrogens is 1. The van der Waals surface area contributed by atoms with Crippen molar-refractivity contribution in [3.05, 3.63) is 65.4 Å². The molecule has 0 bridgehead atoms. The van der Waals surface area contributed by atoms with E-state index in [2.05, 4.69) is 15.5 Å². The van der Waals surface area contributed by atoms with Crippen LogP contribution in [0.4, 0.5) is 5.82 Å². The molecule has 6 heteroatoms. The summed E-state index contributed by atoms with van der Waals surface area (Å²) in [6, 6.07) is 15.1. The number of hydrogen-bond acceptors (Lipinski definition) is 4. The molecule has 1 aliphatic carbocycles. The Bertz CT molecular complexity index is 1000. The predicted octanol–water partition coefficient (Wildman–Crippen LogP) is 3.96. The molecule has 28 heavy (non-hydrogen) atoms. The number of methoxy groups -OCH3 is 1. The number of nitrogens with zero attached hydrogens (tertiary/aromatic N) is 1. The fourth-order valence-corrected chi connectivity index (χ4v) is 3.20. The summed E-state index contributed by atoms with van der Waals surface area (Å²) in [4.78, 5) is 23.5. The first-order chi connectivity index (χ1) is 13.7. The Morgan fingerprint density at radius 3 is 2.61 bits per heavy atom. The average Bonchev–Trinajstić information content (AvgIpc) is 3.47. The smallest absolute Gasteiger partial charge is 0.229 e. The molecule has 1 aliphatic rings. The summed E-state index contributed by atoms with van der Waals surface area (Å²) in [7, 11) is 1.54. The molecule has 2 aromatic carbocycles. The van der Waals surface area contributed by atoms with Gasteiger partial charge in [0.2, 0.25) is 5.91 Å². The summed E-state index contributed by atoms with van der Waals surface area (Å²) in [5, 5.41) is 9.96. The minimum absolute atomic E-state index is 0.103. The summed E-state index contributed by atoms with van der Waals surface area (Å²) in [5.74, 6) is 1.59. The monoisotopic (exact) mass is 375 g/mol. The van der Waals surface area contributed by atoms with Gasteiger partial charge in [0.15, 0.2) is 12.1 Å². The lowest BCUT2D eigenvalue weighted by atomic mass is 10.0. The molecule has 142 valence electrons. The van der Waals surface area contributed by atoms with E-state index < -0.39 is 0 Å². The molecule has 4 rings (SSSR count). The van der Waals surface area contributed by atoms with E-state index in [9.17, 15) is 9.59 Å². The Morgan fingerprint density at radius 2 is 1.93 bits per heavy atom. The number of hydrogen-bond donors (Lipinski definition) is 2. The third kappa shape index (κ3) is 3.96. The van der Waals surface area contributed by atoms with Crippen molar-refractivity contribution in [2.75, 3.05) is 12.4 Å². The van der Waals surface area contributed by atoms with E-state index in [0.717, 1.165) is 28.7 Å². The van der Waals surface area contributed by atoms with Gasteiger partial charge in [-0.3, -0.25) is 14.7 Å². The molecular formula is C22H21N3O3. The second-order valence-corrected chi connectivity index (χ2v) is 6.98. The zero-order valence-electron chi connectivity index (χ0n) is 15.6. The SMILES string of the molecule is COc1ccc(-c2ccc(CC(=O)Nc3cc(C4CC4)[nH]n3)cc2)cc1C=O. The van der Waals surface area contributed by atoms with Crippen LogP contribution in [0, 0.1) is 0 Å². The third-order valence-electron chi connectivity index (χ3n) is 4.89. The van der Waals surface area contributed by atoms with Gasteiger partial charge in [0.25, 0.3) is 0 Å². The summed E-state index contributed by atoms with van der Waals surface area (Å²) in [5.41, 5.74) is 4.39. The van der Waals surface area contributed by atoms with Crippen LogP contribution in [0.3, 0.4) is 0 Å². The van der Waals surface area contributed by atoms with Gasteiger partial charge in [0.05, 0.1) is 19.1 Å². The lowest BCUT2D eigenvalue weighted by Crippen LogP contribution is -2.14. The highest BCUT2D eigenvalue weighted by atomic mass is 16.5. The van der Waals surface area contributed by atoms with Crippen molar-refractivity contribution in [1.82, 2.24) is 10.2 Å². The van der Waals surface area contributed by atoms with Crippen LogP contribution in [-0.4, -0.2) is 29.5 Å². The lowest BCUT2D eigenvalue weighted by Gasteiger charge is -2.08.